The van der Waals surface area contributed by atoms with Crippen molar-refractivity contribution in [2.45, 2.75) is 16.1 Å². The van der Waals surface area contributed by atoms with Gasteiger partial charge in [0.25, 0.3) is 17.5 Å². The summed E-state index contributed by atoms with van der Waals surface area (Å²) in [7, 11) is 0. The third kappa shape index (κ3) is 5.43. The van der Waals surface area contributed by atoms with E-state index in [9.17, 15) is 32.9 Å². The van der Waals surface area contributed by atoms with Crippen molar-refractivity contribution in [3.63, 3.8) is 0 Å². The number of amides is 2. The Hall–Kier alpha value is -3.58. The quantitative estimate of drug-likeness (QED) is 0.162. The highest BCUT2D eigenvalue weighted by molar-refractivity contribution is 7.99. The van der Waals surface area contributed by atoms with E-state index in [1.807, 2.05) is 0 Å². The first-order valence-corrected chi connectivity index (χ1v) is 10.2. The molecule has 1 aliphatic rings. The van der Waals surface area contributed by atoms with Gasteiger partial charge >= 0.3 is 6.18 Å². The van der Waals surface area contributed by atoms with Crippen LogP contribution in [0, 0.1) is 10.1 Å². The molecule has 13 heteroatoms. The van der Waals surface area contributed by atoms with Crippen LogP contribution in [0.4, 0.5) is 18.9 Å². The number of nitrogens with zero attached hydrogens (tertiary/aromatic N) is 3. The van der Waals surface area contributed by atoms with Crippen molar-refractivity contribution >= 4 is 52.7 Å². The minimum atomic E-state index is -4.55. The van der Waals surface area contributed by atoms with Gasteiger partial charge in [-0.2, -0.15) is 13.2 Å². The second-order valence-corrected chi connectivity index (χ2v) is 7.93. The standard InChI is InChI=1S/C20H13F3N4O4S2/c1-2-7-26-18(29)14(17(28)25-19(26)32)9-11-8-13(27(30)31)4-5-15(11)33-16-6-3-12(10-24-16)20(21,22)23/h2-6,8-10H,1,7H2,(H,25,28,32). The van der Waals surface area contributed by atoms with Crippen molar-refractivity contribution in [2.75, 3.05) is 6.54 Å². The number of nitro groups is 1. The normalized spacial score (nSPS) is 15.5. The number of rotatable bonds is 6. The maximum absolute atomic E-state index is 12.8. The second-order valence-electron chi connectivity index (χ2n) is 6.49. The molecule has 33 heavy (non-hydrogen) atoms. The number of carbonyl (C=O) groups excluding carboxylic acids is 2. The van der Waals surface area contributed by atoms with E-state index in [2.05, 4.69) is 16.9 Å². The van der Waals surface area contributed by atoms with Gasteiger partial charge in [0.05, 0.1) is 10.5 Å². The van der Waals surface area contributed by atoms with E-state index in [0.717, 1.165) is 40.9 Å². The Labute approximate surface area is 194 Å². The summed E-state index contributed by atoms with van der Waals surface area (Å²) in [6.45, 7) is 3.55. The first kappa shape index (κ1) is 24.1. The number of alkyl halides is 3. The number of halogens is 3. The summed E-state index contributed by atoms with van der Waals surface area (Å²) in [6, 6.07) is 5.69. The zero-order chi connectivity index (χ0) is 24.3. The van der Waals surface area contributed by atoms with Crippen LogP contribution in [0.5, 0.6) is 0 Å². The number of nitrogens with one attached hydrogen (secondary N) is 1. The zero-order valence-corrected chi connectivity index (χ0v) is 18.1. The molecular formula is C20H13F3N4O4S2. The molecule has 2 aromatic rings. The van der Waals surface area contributed by atoms with Gasteiger partial charge in [0.1, 0.15) is 10.6 Å². The third-order valence-corrected chi connectivity index (χ3v) is 5.64. The van der Waals surface area contributed by atoms with E-state index in [1.165, 1.54) is 18.2 Å². The highest BCUT2D eigenvalue weighted by atomic mass is 32.2. The summed E-state index contributed by atoms with van der Waals surface area (Å²) < 4.78 is 38.3. The molecule has 1 N–H and O–H groups in total. The minimum absolute atomic E-state index is 0.0291. The summed E-state index contributed by atoms with van der Waals surface area (Å²) in [4.78, 5) is 40.9. The molecule has 0 spiro atoms. The van der Waals surface area contributed by atoms with E-state index < -0.39 is 28.5 Å². The molecule has 1 aliphatic heterocycles. The van der Waals surface area contributed by atoms with E-state index in [-0.39, 0.29) is 33.5 Å². The Kier molecular flexibility index (Phi) is 6.93. The molecule has 1 aromatic carbocycles. The van der Waals surface area contributed by atoms with Crippen LogP contribution in [-0.2, 0) is 15.8 Å². The minimum Gasteiger partial charge on any atom is -0.298 e. The number of hydrogen-bond acceptors (Lipinski definition) is 7. The van der Waals surface area contributed by atoms with E-state index in [4.69, 9.17) is 12.2 Å². The molecule has 1 aromatic heterocycles. The summed E-state index contributed by atoms with van der Waals surface area (Å²) >= 11 is 5.90. The Morgan fingerprint density at radius 3 is 2.58 bits per heavy atom. The molecule has 0 aliphatic carbocycles. The molecule has 1 fully saturated rings. The second kappa shape index (κ2) is 9.50. The van der Waals surface area contributed by atoms with Crippen LogP contribution in [0.3, 0.4) is 0 Å². The highest BCUT2D eigenvalue weighted by Gasteiger charge is 2.33. The van der Waals surface area contributed by atoms with Crippen molar-refractivity contribution in [3.05, 3.63) is 76.0 Å². The monoisotopic (exact) mass is 494 g/mol. The lowest BCUT2D eigenvalue weighted by Crippen LogP contribution is -2.53. The molecular weight excluding hydrogens is 481 g/mol. The van der Waals surface area contributed by atoms with Crippen molar-refractivity contribution in [3.8, 4) is 0 Å². The molecule has 0 bridgehead atoms. The number of carbonyl (C=O) groups is 2. The SMILES string of the molecule is C=CCN1C(=O)C(=Cc2cc([N+](=O)[O-])ccc2Sc2ccc(C(F)(F)F)cn2)C(=O)NC1=S. The maximum atomic E-state index is 12.8. The molecule has 1 saturated heterocycles. The Morgan fingerprint density at radius 1 is 1.27 bits per heavy atom. The number of nitro benzene ring substituents is 1. The third-order valence-electron chi connectivity index (χ3n) is 4.28. The van der Waals surface area contributed by atoms with E-state index in [0.29, 0.717) is 11.1 Å². The predicted octanol–water partition coefficient (Wildman–Crippen LogP) is 3.97. The van der Waals surface area contributed by atoms with Gasteiger partial charge < -0.3 is 0 Å². The number of pyridine rings is 1. The largest absolute Gasteiger partial charge is 0.417 e. The molecule has 0 saturated carbocycles. The fourth-order valence-electron chi connectivity index (χ4n) is 2.72. The average Bonchev–Trinajstić information content (AvgIpc) is 2.74. The lowest BCUT2D eigenvalue weighted by atomic mass is 10.1. The van der Waals surface area contributed by atoms with Crippen LogP contribution < -0.4 is 5.32 Å². The van der Waals surface area contributed by atoms with Gasteiger partial charge in [-0.25, -0.2) is 4.98 Å². The van der Waals surface area contributed by atoms with Crippen LogP contribution in [0.1, 0.15) is 11.1 Å². The van der Waals surface area contributed by atoms with Gasteiger partial charge in [-0.05, 0) is 42.1 Å². The van der Waals surface area contributed by atoms with Gasteiger partial charge in [0.15, 0.2) is 5.11 Å². The van der Waals surface area contributed by atoms with Crippen LogP contribution >= 0.6 is 24.0 Å². The topological polar surface area (TPSA) is 105 Å². The fourth-order valence-corrected chi connectivity index (χ4v) is 3.81. The molecule has 0 unspecified atom stereocenters. The molecule has 0 radical (unpaired) electrons. The molecule has 0 atom stereocenters. The molecule has 170 valence electrons. The first-order valence-electron chi connectivity index (χ1n) is 9.00. The summed E-state index contributed by atoms with van der Waals surface area (Å²) in [6.07, 6.45) is -1.32. The van der Waals surface area contributed by atoms with Gasteiger partial charge in [-0.1, -0.05) is 17.8 Å². The molecule has 8 nitrogen and oxygen atoms in total. The summed E-state index contributed by atoms with van der Waals surface area (Å²) in [5.41, 5.74) is -1.44. The van der Waals surface area contributed by atoms with Gasteiger partial charge in [0.2, 0.25) is 0 Å². The summed E-state index contributed by atoms with van der Waals surface area (Å²) in [5, 5.41) is 13.7. The van der Waals surface area contributed by atoms with Crippen LogP contribution in [0.2, 0.25) is 0 Å². The van der Waals surface area contributed by atoms with E-state index in [1.54, 1.807) is 0 Å². The number of thiocarbonyl (C=S) groups is 1. The van der Waals surface area contributed by atoms with Gasteiger partial charge in [0, 0.05) is 29.8 Å². The van der Waals surface area contributed by atoms with Crippen molar-refractivity contribution in [2.24, 2.45) is 0 Å². The van der Waals surface area contributed by atoms with Crippen LogP contribution in [0.15, 0.2) is 64.7 Å². The first-order chi connectivity index (χ1) is 15.5. The lowest BCUT2D eigenvalue weighted by molar-refractivity contribution is -0.384. The number of non-ortho nitro benzene ring substituents is 1. The zero-order valence-electron chi connectivity index (χ0n) is 16.5. The van der Waals surface area contributed by atoms with Crippen molar-refractivity contribution in [1.29, 1.82) is 0 Å². The van der Waals surface area contributed by atoms with Gasteiger partial charge in [-0.15, -0.1) is 6.58 Å². The summed E-state index contributed by atoms with van der Waals surface area (Å²) in [5.74, 6) is -1.51. The van der Waals surface area contributed by atoms with E-state index >= 15 is 0 Å². The van der Waals surface area contributed by atoms with Crippen LogP contribution in [-0.4, -0.2) is 38.3 Å². The molecule has 2 heterocycles. The maximum Gasteiger partial charge on any atom is 0.417 e. The number of hydrogen-bond donors (Lipinski definition) is 1. The smallest absolute Gasteiger partial charge is 0.298 e. The van der Waals surface area contributed by atoms with Crippen molar-refractivity contribution < 1.29 is 27.7 Å². The fraction of sp³-hybridized carbons (Fsp3) is 0.100. The van der Waals surface area contributed by atoms with Crippen molar-refractivity contribution in [1.82, 2.24) is 15.2 Å². The Morgan fingerprint density at radius 2 is 2.00 bits per heavy atom. The predicted molar refractivity (Wildman–Crippen MR) is 117 cm³/mol. The molecule has 2 amide bonds. The Balaban J connectivity index is 2.03. The average molecular weight is 494 g/mol. The number of benzene rings is 1. The Bertz CT molecular complexity index is 1200. The lowest BCUT2D eigenvalue weighted by Gasteiger charge is -2.27. The number of aromatic nitrogens is 1. The van der Waals surface area contributed by atoms with Crippen LogP contribution in [0.25, 0.3) is 6.08 Å². The van der Waals surface area contributed by atoms with Gasteiger partial charge in [-0.3, -0.25) is 29.9 Å². The highest BCUT2D eigenvalue weighted by Crippen LogP contribution is 2.35. The molecule has 3 rings (SSSR count).